The third-order valence-electron chi connectivity index (χ3n) is 5.74. The molecule has 0 spiro atoms. The van der Waals surface area contributed by atoms with Gasteiger partial charge in [-0.25, -0.2) is 0 Å². The fraction of sp³-hybridized carbons (Fsp3) is 0.500. The van der Waals surface area contributed by atoms with Crippen LogP contribution in [-0.2, 0) is 6.42 Å². The molecular weight excluding hydrogens is 254 g/mol. The van der Waals surface area contributed by atoms with Gasteiger partial charge in [0.05, 0.1) is 0 Å². The average molecular weight is 279 g/mol. The molecule has 1 heteroatoms. The number of likely N-dealkylation sites (tertiary alicyclic amines) is 1. The Balaban J connectivity index is 1.75. The molecule has 1 saturated heterocycles. The first-order valence-electron chi connectivity index (χ1n) is 8.17. The summed E-state index contributed by atoms with van der Waals surface area (Å²) in [5, 5.41) is 0. The summed E-state index contributed by atoms with van der Waals surface area (Å²) >= 11 is 0. The first kappa shape index (κ1) is 13.3. The van der Waals surface area contributed by atoms with E-state index < -0.39 is 0 Å². The van der Waals surface area contributed by atoms with Crippen LogP contribution in [0.4, 0.5) is 0 Å². The summed E-state index contributed by atoms with van der Waals surface area (Å²) in [4.78, 5) is 2.60. The zero-order valence-corrected chi connectivity index (χ0v) is 13.5. The molecule has 0 amide bonds. The summed E-state index contributed by atoms with van der Waals surface area (Å²) in [6.45, 7) is 6.97. The molecule has 1 aliphatic heterocycles. The maximum Gasteiger partial charge on any atom is 0.0391 e. The molecule has 21 heavy (non-hydrogen) atoms. The van der Waals surface area contributed by atoms with Gasteiger partial charge in [-0.05, 0) is 41.5 Å². The molecule has 110 valence electrons. The van der Waals surface area contributed by atoms with Crippen LogP contribution in [0, 0.1) is 17.3 Å². The second-order valence-corrected chi connectivity index (χ2v) is 7.98. The van der Waals surface area contributed by atoms with E-state index in [1.807, 2.05) is 0 Å². The second kappa shape index (κ2) is 4.33. The summed E-state index contributed by atoms with van der Waals surface area (Å²) in [6.07, 6.45) is 8.64. The van der Waals surface area contributed by atoms with Gasteiger partial charge in [-0.15, -0.1) is 0 Å². The quantitative estimate of drug-likeness (QED) is 0.681. The predicted octanol–water partition coefficient (Wildman–Crippen LogP) is 4.37. The first-order valence-corrected chi connectivity index (χ1v) is 8.17. The predicted molar refractivity (Wildman–Crippen MR) is 88.1 cm³/mol. The normalized spacial score (nSPS) is 34.4. The van der Waals surface area contributed by atoms with Gasteiger partial charge in [0.2, 0.25) is 0 Å². The lowest BCUT2D eigenvalue weighted by atomic mass is 9.76. The Kier molecular flexibility index (Phi) is 2.75. The number of fused-ring (bicyclic) bond motifs is 5. The minimum atomic E-state index is 0.254. The molecule has 0 saturated carbocycles. The lowest BCUT2D eigenvalue weighted by Gasteiger charge is -2.31. The van der Waals surface area contributed by atoms with Crippen molar-refractivity contribution >= 4 is 0 Å². The van der Waals surface area contributed by atoms with Crippen LogP contribution in [0.3, 0.4) is 0 Å². The molecule has 3 aliphatic rings. The van der Waals surface area contributed by atoms with Crippen molar-refractivity contribution in [3.8, 4) is 0 Å². The Bertz CT molecular complexity index is 631. The molecule has 0 N–H and O–H groups in total. The van der Waals surface area contributed by atoms with E-state index in [0.717, 1.165) is 5.92 Å². The van der Waals surface area contributed by atoms with Crippen molar-refractivity contribution in [1.82, 2.24) is 4.90 Å². The van der Waals surface area contributed by atoms with Gasteiger partial charge in [0, 0.05) is 18.0 Å². The van der Waals surface area contributed by atoms with Crippen LogP contribution in [0.5, 0.6) is 0 Å². The molecule has 1 nitrogen and oxygen atoms in total. The van der Waals surface area contributed by atoms with Gasteiger partial charge < -0.3 is 0 Å². The SMILES string of the molecule is CN1C2C=CC(C(C)(C)C)=CC2C2Cc3ccccc3C21. The number of allylic oxidation sites excluding steroid dienone is 2. The minimum absolute atomic E-state index is 0.254. The number of benzene rings is 1. The third kappa shape index (κ3) is 1.87. The van der Waals surface area contributed by atoms with Crippen LogP contribution in [0.25, 0.3) is 0 Å². The molecule has 4 unspecified atom stereocenters. The number of hydrogen-bond donors (Lipinski definition) is 0. The fourth-order valence-corrected chi connectivity index (χ4v) is 4.63. The van der Waals surface area contributed by atoms with E-state index in [4.69, 9.17) is 0 Å². The highest BCUT2D eigenvalue weighted by Gasteiger charge is 2.50. The van der Waals surface area contributed by atoms with E-state index in [1.54, 1.807) is 11.1 Å². The summed E-state index contributed by atoms with van der Waals surface area (Å²) in [5.74, 6) is 1.42. The van der Waals surface area contributed by atoms with E-state index in [9.17, 15) is 0 Å². The Morgan fingerprint density at radius 1 is 1.14 bits per heavy atom. The van der Waals surface area contributed by atoms with Crippen LogP contribution >= 0.6 is 0 Å². The monoisotopic (exact) mass is 279 g/mol. The summed E-state index contributed by atoms with van der Waals surface area (Å²) in [6, 6.07) is 10.2. The molecule has 1 fully saturated rings. The van der Waals surface area contributed by atoms with E-state index in [2.05, 4.69) is 75.2 Å². The van der Waals surface area contributed by atoms with Gasteiger partial charge in [-0.1, -0.05) is 63.3 Å². The van der Waals surface area contributed by atoms with Crippen molar-refractivity contribution in [3.63, 3.8) is 0 Å². The summed E-state index contributed by atoms with van der Waals surface area (Å²) in [5.41, 5.74) is 4.90. The van der Waals surface area contributed by atoms with E-state index in [-0.39, 0.29) is 5.41 Å². The number of hydrogen-bond acceptors (Lipinski definition) is 1. The lowest BCUT2D eigenvalue weighted by molar-refractivity contribution is 0.259. The number of nitrogens with zero attached hydrogens (tertiary/aromatic N) is 1. The van der Waals surface area contributed by atoms with Crippen LogP contribution < -0.4 is 0 Å². The Morgan fingerprint density at radius 3 is 2.67 bits per heavy atom. The van der Waals surface area contributed by atoms with Crippen molar-refractivity contribution < 1.29 is 0 Å². The van der Waals surface area contributed by atoms with Crippen molar-refractivity contribution in [2.75, 3.05) is 7.05 Å². The lowest BCUT2D eigenvalue weighted by Crippen LogP contribution is -2.31. The van der Waals surface area contributed by atoms with Crippen molar-refractivity contribution in [3.05, 3.63) is 59.2 Å². The Hall–Kier alpha value is -1.34. The van der Waals surface area contributed by atoms with Crippen molar-refractivity contribution in [1.29, 1.82) is 0 Å². The molecule has 0 radical (unpaired) electrons. The molecule has 4 rings (SSSR count). The van der Waals surface area contributed by atoms with E-state index >= 15 is 0 Å². The van der Waals surface area contributed by atoms with Gasteiger partial charge in [0.25, 0.3) is 0 Å². The molecule has 0 aromatic heterocycles. The number of rotatable bonds is 0. The van der Waals surface area contributed by atoms with Gasteiger partial charge in [0.15, 0.2) is 0 Å². The zero-order valence-electron chi connectivity index (χ0n) is 13.5. The third-order valence-corrected chi connectivity index (χ3v) is 5.74. The largest absolute Gasteiger partial charge is 0.292 e. The molecule has 1 aromatic rings. The van der Waals surface area contributed by atoms with Gasteiger partial charge in [0.1, 0.15) is 0 Å². The highest BCUT2D eigenvalue weighted by molar-refractivity contribution is 5.42. The topological polar surface area (TPSA) is 3.24 Å². The molecule has 1 heterocycles. The van der Waals surface area contributed by atoms with Crippen LogP contribution in [0.1, 0.15) is 37.9 Å². The van der Waals surface area contributed by atoms with Crippen LogP contribution in [0.2, 0.25) is 0 Å². The maximum atomic E-state index is 2.60. The van der Waals surface area contributed by atoms with E-state index in [0.29, 0.717) is 18.0 Å². The smallest absolute Gasteiger partial charge is 0.0391 e. The Morgan fingerprint density at radius 2 is 1.90 bits per heavy atom. The number of likely N-dealkylation sites (N-methyl/N-ethyl adjacent to an activating group) is 1. The highest BCUT2D eigenvalue weighted by Crippen LogP contribution is 2.53. The minimum Gasteiger partial charge on any atom is -0.292 e. The van der Waals surface area contributed by atoms with E-state index in [1.165, 1.54) is 12.0 Å². The summed E-state index contributed by atoms with van der Waals surface area (Å²) < 4.78 is 0. The second-order valence-electron chi connectivity index (χ2n) is 7.98. The Labute approximate surface area is 128 Å². The highest BCUT2D eigenvalue weighted by atomic mass is 15.2. The maximum absolute atomic E-state index is 2.60. The average Bonchev–Trinajstić information content (AvgIpc) is 2.95. The van der Waals surface area contributed by atoms with Crippen LogP contribution in [0.15, 0.2) is 48.1 Å². The molecular formula is C20H25N. The first-order chi connectivity index (χ1) is 9.97. The van der Waals surface area contributed by atoms with Crippen LogP contribution in [-0.4, -0.2) is 18.0 Å². The molecule has 1 aromatic carbocycles. The molecule has 2 aliphatic carbocycles. The molecule has 4 atom stereocenters. The van der Waals surface area contributed by atoms with Gasteiger partial charge in [-0.3, -0.25) is 4.90 Å². The van der Waals surface area contributed by atoms with Crippen molar-refractivity contribution in [2.45, 2.75) is 39.3 Å². The van der Waals surface area contributed by atoms with Gasteiger partial charge in [-0.2, -0.15) is 0 Å². The summed E-state index contributed by atoms with van der Waals surface area (Å²) in [7, 11) is 2.31. The van der Waals surface area contributed by atoms with Gasteiger partial charge >= 0.3 is 0 Å². The standard InChI is InChI=1S/C20H25N/c1-20(2,3)14-9-10-18-16(12-14)17-11-13-7-5-6-8-15(13)19(17)21(18)4/h5-10,12,16-19H,11H2,1-4H3. The molecule has 0 bridgehead atoms. The zero-order chi connectivity index (χ0) is 14.8. The fourth-order valence-electron chi connectivity index (χ4n) is 4.63. The van der Waals surface area contributed by atoms with Crippen molar-refractivity contribution in [2.24, 2.45) is 17.3 Å².